The summed E-state index contributed by atoms with van der Waals surface area (Å²) in [6.45, 7) is 1.87. The molecule has 2 N–H and O–H groups in total. The van der Waals surface area contributed by atoms with Crippen LogP contribution in [0.1, 0.15) is 18.5 Å². The zero-order valence-electron chi connectivity index (χ0n) is 13.8. The lowest BCUT2D eigenvalue weighted by Crippen LogP contribution is -2.31. The number of amides is 1. The first-order valence-corrected chi connectivity index (χ1v) is 9.05. The van der Waals surface area contributed by atoms with Crippen LogP contribution in [0.5, 0.6) is 0 Å². The van der Waals surface area contributed by atoms with Crippen molar-refractivity contribution in [3.8, 4) is 0 Å². The summed E-state index contributed by atoms with van der Waals surface area (Å²) in [4.78, 5) is 21.4. The second-order valence-electron chi connectivity index (χ2n) is 5.84. The zero-order valence-corrected chi connectivity index (χ0v) is 16.0. The number of allylic oxidation sites excluding steroid dienone is 1. The highest BCUT2D eigenvalue weighted by atomic mass is 127. The summed E-state index contributed by atoms with van der Waals surface area (Å²) in [7, 11) is 0. The molecule has 3 heterocycles. The van der Waals surface area contributed by atoms with E-state index in [1.807, 2.05) is 43.3 Å². The molecule has 0 aliphatic carbocycles. The molecule has 0 unspecified atom stereocenters. The van der Waals surface area contributed by atoms with Gasteiger partial charge in [0.15, 0.2) is 0 Å². The van der Waals surface area contributed by atoms with E-state index in [2.05, 4.69) is 48.3 Å². The molecule has 1 amide bonds. The van der Waals surface area contributed by atoms with E-state index in [-0.39, 0.29) is 11.9 Å². The van der Waals surface area contributed by atoms with Crippen LogP contribution in [-0.2, 0) is 4.79 Å². The van der Waals surface area contributed by atoms with Crippen molar-refractivity contribution in [3.05, 3.63) is 75.5 Å². The summed E-state index contributed by atoms with van der Waals surface area (Å²) in [5.74, 6) is 0.425. The van der Waals surface area contributed by atoms with E-state index in [9.17, 15) is 4.79 Å². The number of pyridine rings is 1. The molecule has 0 bridgehead atoms. The molecule has 130 valence electrons. The molecule has 8 heteroatoms. The Bertz CT molecular complexity index is 980. The van der Waals surface area contributed by atoms with Gasteiger partial charge < -0.3 is 10.6 Å². The molecule has 26 heavy (non-hydrogen) atoms. The summed E-state index contributed by atoms with van der Waals surface area (Å²) < 4.78 is 2.82. The number of nitrogens with zero attached hydrogens (tertiary/aromatic N) is 4. The van der Waals surface area contributed by atoms with Crippen LogP contribution in [0.15, 0.2) is 66.4 Å². The Morgan fingerprint density at radius 1 is 1.19 bits per heavy atom. The standard InChI is InChI=1S/C18H15IN6O/c1-11-15(17(26)24-14-4-2-13(19)3-5-14)16(12-6-8-20-9-7-12)25-18(23-11)21-10-22-25/h2-10,16H,1H3,(H,24,26)(H,21,22,23)/t16-/m0/s1. The van der Waals surface area contributed by atoms with E-state index in [0.29, 0.717) is 11.5 Å². The number of nitrogens with one attached hydrogen (secondary N) is 2. The Morgan fingerprint density at radius 2 is 1.92 bits per heavy atom. The van der Waals surface area contributed by atoms with Crippen molar-refractivity contribution in [2.75, 3.05) is 10.6 Å². The van der Waals surface area contributed by atoms with Crippen LogP contribution in [0.3, 0.4) is 0 Å². The van der Waals surface area contributed by atoms with Gasteiger partial charge in [-0.05, 0) is 71.5 Å². The summed E-state index contributed by atoms with van der Waals surface area (Å²) in [5, 5.41) is 10.4. The van der Waals surface area contributed by atoms with Crippen LogP contribution in [0.25, 0.3) is 0 Å². The number of anilines is 2. The normalized spacial score (nSPS) is 16.0. The Kier molecular flexibility index (Phi) is 4.41. The number of hydrogen-bond donors (Lipinski definition) is 2. The molecule has 0 spiro atoms. The highest BCUT2D eigenvalue weighted by Gasteiger charge is 2.33. The first-order valence-electron chi connectivity index (χ1n) is 7.97. The van der Waals surface area contributed by atoms with Crippen molar-refractivity contribution >= 4 is 40.1 Å². The lowest BCUT2D eigenvalue weighted by atomic mass is 9.96. The van der Waals surface area contributed by atoms with Crippen molar-refractivity contribution in [2.24, 2.45) is 0 Å². The molecule has 3 aromatic rings. The fourth-order valence-electron chi connectivity index (χ4n) is 2.97. The second kappa shape index (κ2) is 6.87. The van der Waals surface area contributed by atoms with E-state index in [1.165, 1.54) is 6.33 Å². The number of hydrogen-bond acceptors (Lipinski definition) is 5. The summed E-state index contributed by atoms with van der Waals surface area (Å²) in [5.41, 5.74) is 3.00. The van der Waals surface area contributed by atoms with E-state index in [0.717, 1.165) is 20.5 Å². The lowest BCUT2D eigenvalue weighted by molar-refractivity contribution is -0.113. The average molecular weight is 458 g/mol. The predicted octanol–water partition coefficient (Wildman–Crippen LogP) is 3.21. The largest absolute Gasteiger partial charge is 0.328 e. The fraction of sp³-hybridized carbons (Fsp3) is 0.111. The van der Waals surface area contributed by atoms with Crippen molar-refractivity contribution in [1.82, 2.24) is 19.7 Å². The monoisotopic (exact) mass is 458 g/mol. The maximum absolute atomic E-state index is 13.1. The van der Waals surface area contributed by atoms with Crippen LogP contribution in [0, 0.1) is 3.57 Å². The smallest absolute Gasteiger partial charge is 0.255 e. The summed E-state index contributed by atoms with van der Waals surface area (Å²) in [6.07, 6.45) is 4.89. The predicted molar refractivity (Wildman–Crippen MR) is 107 cm³/mol. The van der Waals surface area contributed by atoms with Crippen molar-refractivity contribution in [1.29, 1.82) is 0 Å². The van der Waals surface area contributed by atoms with Crippen LogP contribution in [0.4, 0.5) is 11.6 Å². The minimum Gasteiger partial charge on any atom is -0.328 e. The minimum absolute atomic E-state index is 0.181. The molecule has 0 saturated carbocycles. The first kappa shape index (κ1) is 16.7. The van der Waals surface area contributed by atoms with E-state index in [4.69, 9.17) is 0 Å². The number of carbonyl (C=O) groups excluding carboxylic acids is 1. The molecule has 4 rings (SSSR count). The van der Waals surface area contributed by atoms with E-state index < -0.39 is 0 Å². The number of halogens is 1. The third kappa shape index (κ3) is 3.07. The molecule has 1 aromatic carbocycles. The van der Waals surface area contributed by atoms with Gasteiger partial charge in [-0.25, -0.2) is 4.68 Å². The third-order valence-electron chi connectivity index (χ3n) is 4.16. The Hall–Kier alpha value is -2.75. The molecule has 2 aromatic heterocycles. The summed E-state index contributed by atoms with van der Waals surface area (Å²) in [6, 6.07) is 11.1. The van der Waals surface area contributed by atoms with Crippen LogP contribution in [-0.4, -0.2) is 25.7 Å². The Balaban J connectivity index is 1.74. The van der Waals surface area contributed by atoms with Crippen molar-refractivity contribution in [3.63, 3.8) is 0 Å². The van der Waals surface area contributed by atoms with Gasteiger partial charge in [-0.3, -0.25) is 9.78 Å². The topological polar surface area (TPSA) is 84.7 Å². The van der Waals surface area contributed by atoms with Crippen molar-refractivity contribution in [2.45, 2.75) is 13.0 Å². The fourth-order valence-corrected chi connectivity index (χ4v) is 3.33. The number of carbonyl (C=O) groups is 1. The highest BCUT2D eigenvalue weighted by Crippen LogP contribution is 2.34. The minimum atomic E-state index is -0.374. The molecule has 1 atom stereocenters. The van der Waals surface area contributed by atoms with Gasteiger partial charge in [0, 0.05) is 27.3 Å². The van der Waals surface area contributed by atoms with Gasteiger partial charge in [0.25, 0.3) is 5.91 Å². The molecular weight excluding hydrogens is 443 g/mol. The maximum Gasteiger partial charge on any atom is 0.255 e. The molecule has 0 saturated heterocycles. The number of aromatic nitrogens is 4. The Labute approximate surface area is 163 Å². The first-order chi connectivity index (χ1) is 12.6. The second-order valence-corrected chi connectivity index (χ2v) is 7.08. The van der Waals surface area contributed by atoms with Crippen LogP contribution in [0.2, 0.25) is 0 Å². The molecule has 0 fully saturated rings. The quantitative estimate of drug-likeness (QED) is 0.589. The Morgan fingerprint density at radius 3 is 2.65 bits per heavy atom. The van der Waals surface area contributed by atoms with Crippen LogP contribution < -0.4 is 10.6 Å². The lowest BCUT2D eigenvalue weighted by Gasteiger charge is -2.28. The molecule has 1 aliphatic rings. The van der Waals surface area contributed by atoms with Gasteiger partial charge in [0.1, 0.15) is 12.4 Å². The van der Waals surface area contributed by atoms with E-state index in [1.54, 1.807) is 17.1 Å². The SMILES string of the molecule is CC1=C(C(=O)Nc2ccc(I)cc2)[C@H](c2ccncc2)n2ncnc2N1. The van der Waals surface area contributed by atoms with Gasteiger partial charge >= 0.3 is 0 Å². The average Bonchev–Trinajstić information content (AvgIpc) is 3.11. The molecule has 0 radical (unpaired) electrons. The summed E-state index contributed by atoms with van der Waals surface area (Å²) >= 11 is 2.23. The number of benzene rings is 1. The molecule has 7 nitrogen and oxygen atoms in total. The van der Waals surface area contributed by atoms with E-state index >= 15 is 0 Å². The van der Waals surface area contributed by atoms with Gasteiger partial charge in [-0.2, -0.15) is 10.1 Å². The number of fused-ring (bicyclic) bond motifs is 1. The molecule has 1 aliphatic heterocycles. The van der Waals surface area contributed by atoms with Gasteiger partial charge in [0.2, 0.25) is 5.95 Å². The third-order valence-corrected chi connectivity index (χ3v) is 4.88. The van der Waals surface area contributed by atoms with Gasteiger partial charge in [-0.15, -0.1) is 0 Å². The maximum atomic E-state index is 13.1. The number of rotatable bonds is 3. The van der Waals surface area contributed by atoms with Crippen molar-refractivity contribution < 1.29 is 4.79 Å². The zero-order chi connectivity index (χ0) is 18.1. The van der Waals surface area contributed by atoms with Gasteiger partial charge in [0.05, 0.1) is 5.57 Å². The highest BCUT2D eigenvalue weighted by molar-refractivity contribution is 14.1. The molecular formula is C18H15IN6O. The van der Waals surface area contributed by atoms with Gasteiger partial charge in [-0.1, -0.05) is 0 Å². The van der Waals surface area contributed by atoms with Crippen LogP contribution >= 0.6 is 22.6 Å².